The molecule has 9 nitrogen and oxygen atoms in total. The van der Waals surface area contributed by atoms with E-state index in [0.717, 1.165) is 42.9 Å². The maximum atomic E-state index is 12.9. The van der Waals surface area contributed by atoms with E-state index in [1.807, 2.05) is 44.2 Å². The number of hydrazone groups is 1. The Kier molecular flexibility index (Phi) is 9.89. The van der Waals surface area contributed by atoms with Crippen LogP contribution in [-0.4, -0.2) is 72.2 Å². The highest BCUT2D eigenvalue weighted by atomic mass is 32.2. The molecule has 2 aliphatic rings. The van der Waals surface area contributed by atoms with E-state index >= 15 is 0 Å². The van der Waals surface area contributed by atoms with Gasteiger partial charge in [0.25, 0.3) is 0 Å². The van der Waals surface area contributed by atoms with Crippen LogP contribution in [0.4, 0.5) is 15.3 Å². The zero-order chi connectivity index (χ0) is 26.9. The summed E-state index contributed by atoms with van der Waals surface area (Å²) < 4.78 is 16.5. The van der Waals surface area contributed by atoms with Crippen LogP contribution >= 0.6 is 11.8 Å². The minimum atomic E-state index is -0.467. The third kappa shape index (κ3) is 7.20. The molecule has 2 heterocycles. The molecule has 1 N–H and O–H groups in total. The highest BCUT2D eigenvalue weighted by Crippen LogP contribution is 2.34. The van der Waals surface area contributed by atoms with Crippen molar-refractivity contribution in [3.63, 3.8) is 0 Å². The summed E-state index contributed by atoms with van der Waals surface area (Å²) in [6.45, 7) is 8.09. The SMILES string of the molecule is CCOc1cc(C2=NN(Cc3ccc(NC(=O)OCCN4CCCC4)cc3)C(=O)SC2CC)ccc1OC. The van der Waals surface area contributed by atoms with Crippen LogP contribution in [0, 0.1) is 0 Å². The van der Waals surface area contributed by atoms with Gasteiger partial charge in [0.05, 0.1) is 31.2 Å². The molecule has 2 aromatic carbocycles. The quantitative estimate of drug-likeness (QED) is 0.397. The second kappa shape index (κ2) is 13.5. The van der Waals surface area contributed by atoms with Crippen LogP contribution in [0.1, 0.15) is 44.2 Å². The van der Waals surface area contributed by atoms with Crippen molar-refractivity contribution in [3.8, 4) is 11.5 Å². The average molecular weight is 541 g/mol. The van der Waals surface area contributed by atoms with Gasteiger partial charge < -0.3 is 14.2 Å². The summed E-state index contributed by atoms with van der Waals surface area (Å²) in [7, 11) is 1.61. The minimum absolute atomic E-state index is 0.0512. The molecular formula is C28H36N4O5S. The molecule has 204 valence electrons. The fourth-order valence-corrected chi connectivity index (χ4v) is 5.42. The van der Waals surface area contributed by atoms with E-state index in [-0.39, 0.29) is 10.5 Å². The number of rotatable bonds is 11. The molecule has 10 heteroatoms. The third-order valence-corrected chi connectivity index (χ3v) is 7.74. The summed E-state index contributed by atoms with van der Waals surface area (Å²) in [6.07, 6.45) is 2.73. The normalized spacial score (nSPS) is 17.8. The first-order valence-electron chi connectivity index (χ1n) is 13.1. The topological polar surface area (TPSA) is 92.7 Å². The van der Waals surface area contributed by atoms with Crippen LogP contribution in [0.5, 0.6) is 11.5 Å². The number of hydrogen-bond acceptors (Lipinski definition) is 8. The molecule has 2 amide bonds. The van der Waals surface area contributed by atoms with E-state index < -0.39 is 6.09 Å². The third-order valence-electron chi connectivity index (χ3n) is 6.49. The standard InChI is InChI=1S/C28H36N4O5S/c1-4-25-26(21-10-13-23(35-3)24(18-21)36-5-2)30-32(28(34)38-25)19-20-8-11-22(12-9-20)29-27(33)37-17-16-31-14-6-7-15-31/h8-13,18,25H,4-7,14-17,19H2,1-3H3,(H,29,33). The van der Waals surface area contributed by atoms with Crippen molar-refractivity contribution < 1.29 is 23.8 Å². The van der Waals surface area contributed by atoms with Gasteiger partial charge in [-0.1, -0.05) is 30.8 Å². The number of hydrogen-bond donors (Lipinski definition) is 1. The Morgan fingerprint density at radius 1 is 1.11 bits per heavy atom. The number of carbonyl (C=O) groups excluding carboxylic acids is 2. The van der Waals surface area contributed by atoms with Gasteiger partial charge in [-0.25, -0.2) is 9.80 Å². The Morgan fingerprint density at radius 2 is 1.87 bits per heavy atom. The molecule has 0 saturated carbocycles. The molecule has 0 aromatic heterocycles. The summed E-state index contributed by atoms with van der Waals surface area (Å²) in [5, 5.41) is 8.87. The Balaban J connectivity index is 1.40. The van der Waals surface area contributed by atoms with Crippen molar-refractivity contribution in [1.82, 2.24) is 9.91 Å². The fraction of sp³-hybridized carbons (Fsp3) is 0.464. The average Bonchev–Trinajstić information content (AvgIpc) is 3.44. The van der Waals surface area contributed by atoms with Gasteiger partial charge in [0.2, 0.25) is 0 Å². The predicted molar refractivity (Wildman–Crippen MR) is 150 cm³/mol. The molecule has 1 atom stereocenters. The van der Waals surface area contributed by atoms with Gasteiger partial charge in [-0.2, -0.15) is 5.10 Å². The van der Waals surface area contributed by atoms with Crippen LogP contribution in [0.3, 0.4) is 0 Å². The fourth-order valence-electron chi connectivity index (χ4n) is 4.49. The number of nitrogens with zero attached hydrogens (tertiary/aromatic N) is 3. The molecule has 2 aromatic rings. The maximum Gasteiger partial charge on any atom is 0.411 e. The van der Waals surface area contributed by atoms with Gasteiger partial charge in [0.15, 0.2) is 11.5 Å². The van der Waals surface area contributed by atoms with Gasteiger partial charge in [-0.05, 0) is 75.2 Å². The van der Waals surface area contributed by atoms with Gasteiger partial charge >= 0.3 is 11.3 Å². The molecule has 1 unspecified atom stereocenters. The summed E-state index contributed by atoms with van der Waals surface area (Å²) >= 11 is 1.28. The van der Waals surface area contributed by atoms with Crippen molar-refractivity contribution in [2.24, 2.45) is 5.10 Å². The second-order valence-corrected chi connectivity index (χ2v) is 10.3. The van der Waals surface area contributed by atoms with Crippen molar-refractivity contribution in [2.75, 3.05) is 45.3 Å². The van der Waals surface area contributed by atoms with Crippen LogP contribution < -0.4 is 14.8 Å². The molecule has 38 heavy (non-hydrogen) atoms. The van der Waals surface area contributed by atoms with Gasteiger partial charge in [0, 0.05) is 17.8 Å². The number of benzene rings is 2. The maximum absolute atomic E-state index is 12.9. The zero-order valence-corrected chi connectivity index (χ0v) is 23.1. The second-order valence-electron chi connectivity index (χ2n) is 9.13. The lowest BCUT2D eigenvalue weighted by atomic mass is 10.0. The molecule has 1 fully saturated rings. The summed E-state index contributed by atoms with van der Waals surface area (Å²) in [5.74, 6) is 1.31. The highest BCUT2D eigenvalue weighted by Gasteiger charge is 2.30. The van der Waals surface area contributed by atoms with E-state index in [1.165, 1.54) is 29.6 Å². The highest BCUT2D eigenvalue weighted by molar-refractivity contribution is 8.14. The van der Waals surface area contributed by atoms with Crippen molar-refractivity contribution in [2.45, 2.75) is 44.9 Å². The number of carbonyl (C=O) groups is 2. The van der Waals surface area contributed by atoms with Gasteiger partial charge in [-0.3, -0.25) is 15.0 Å². The van der Waals surface area contributed by atoms with Crippen LogP contribution in [0.2, 0.25) is 0 Å². The molecular weight excluding hydrogens is 504 g/mol. The van der Waals surface area contributed by atoms with E-state index in [9.17, 15) is 9.59 Å². The first kappa shape index (κ1) is 27.8. The Bertz CT molecular complexity index is 1130. The lowest BCUT2D eigenvalue weighted by molar-refractivity contribution is 0.146. The molecule has 4 rings (SSSR count). The van der Waals surface area contributed by atoms with E-state index in [1.54, 1.807) is 19.2 Å². The van der Waals surface area contributed by atoms with E-state index in [4.69, 9.17) is 19.3 Å². The number of amides is 2. The Labute approximate surface area is 228 Å². The van der Waals surface area contributed by atoms with E-state index in [2.05, 4.69) is 10.2 Å². The largest absolute Gasteiger partial charge is 0.493 e. The molecule has 0 bridgehead atoms. The molecule has 2 aliphatic heterocycles. The van der Waals surface area contributed by atoms with Gasteiger partial charge in [0.1, 0.15) is 6.61 Å². The molecule has 0 radical (unpaired) electrons. The zero-order valence-electron chi connectivity index (χ0n) is 22.3. The first-order chi connectivity index (χ1) is 18.5. The lowest BCUT2D eigenvalue weighted by Crippen LogP contribution is -2.34. The van der Waals surface area contributed by atoms with Crippen LogP contribution in [0.15, 0.2) is 47.6 Å². The smallest absolute Gasteiger partial charge is 0.411 e. The first-order valence-corrected chi connectivity index (χ1v) is 14.0. The number of nitrogens with one attached hydrogen (secondary N) is 1. The monoisotopic (exact) mass is 540 g/mol. The lowest BCUT2D eigenvalue weighted by Gasteiger charge is -2.28. The molecule has 1 saturated heterocycles. The predicted octanol–water partition coefficient (Wildman–Crippen LogP) is 5.59. The summed E-state index contributed by atoms with van der Waals surface area (Å²) in [4.78, 5) is 27.3. The number of anilines is 1. The summed E-state index contributed by atoms with van der Waals surface area (Å²) in [6, 6.07) is 13.1. The molecule has 0 spiro atoms. The van der Waals surface area contributed by atoms with E-state index in [0.29, 0.717) is 36.9 Å². The summed E-state index contributed by atoms with van der Waals surface area (Å²) in [5.41, 5.74) is 3.26. The van der Waals surface area contributed by atoms with Crippen LogP contribution in [-0.2, 0) is 11.3 Å². The Hall–Kier alpha value is -3.24. The number of likely N-dealkylation sites (tertiary alicyclic amines) is 1. The Morgan fingerprint density at radius 3 is 2.55 bits per heavy atom. The van der Waals surface area contributed by atoms with Crippen LogP contribution in [0.25, 0.3) is 0 Å². The van der Waals surface area contributed by atoms with Crippen molar-refractivity contribution >= 4 is 34.5 Å². The number of ether oxygens (including phenoxy) is 3. The molecule has 0 aliphatic carbocycles. The van der Waals surface area contributed by atoms with Crippen molar-refractivity contribution in [1.29, 1.82) is 0 Å². The minimum Gasteiger partial charge on any atom is -0.493 e. The number of thioether (sulfide) groups is 1. The number of methoxy groups -OCH3 is 1. The van der Waals surface area contributed by atoms with Gasteiger partial charge in [-0.15, -0.1) is 0 Å². The van der Waals surface area contributed by atoms with Crippen molar-refractivity contribution in [3.05, 3.63) is 53.6 Å².